The molecule has 0 aromatic heterocycles. The van der Waals surface area contributed by atoms with E-state index in [1.165, 1.54) is 0 Å². The molecule has 0 radical (unpaired) electrons. The number of nitrogens with one attached hydrogen (secondary N) is 1. The van der Waals surface area contributed by atoms with Crippen LogP contribution in [-0.4, -0.2) is 25.2 Å². The maximum absolute atomic E-state index is 10.2. The average molecular weight is 281 g/mol. The van der Waals surface area contributed by atoms with Gasteiger partial charge in [-0.1, -0.05) is 58.0 Å². The summed E-state index contributed by atoms with van der Waals surface area (Å²) in [6.45, 7) is 8.00. The van der Waals surface area contributed by atoms with Crippen LogP contribution in [0.3, 0.4) is 0 Å². The number of benzene rings is 1. The van der Waals surface area contributed by atoms with Gasteiger partial charge in [0.15, 0.2) is 0 Å². The molecule has 2 N–H and O–H groups in total. The molecule has 20 heavy (non-hydrogen) atoms. The molecule has 1 aromatic rings. The second kappa shape index (κ2) is 30.3. The molecule has 116 valence electrons. The van der Waals surface area contributed by atoms with Gasteiger partial charge in [-0.3, -0.25) is 4.79 Å². The summed E-state index contributed by atoms with van der Waals surface area (Å²) in [7, 11) is 3.75. The second-order valence-electron chi connectivity index (χ2n) is 2.88. The highest BCUT2D eigenvalue weighted by atomic mass is 16.4. The van der Waals surface area contributed by atoms with Crippen molar-refractivity contribution in [2.75, 3.05) is 14.1 Å². The zero-order valence-electron chi connectivity index (χ0n) is 13.8. The molecule has 0 aliphatic heterocycles. The fourth-order valence-corrected chi connectivity index (χ4v) is 0.896. The standard InChI is InChI=1S/C9H10O2.C2H7N.2C2H6.C2H2/c10-9(11)7-6-8-4-2-1-3-5-8;1-3-2;3*1-2/h1-5H,6-7H2,(H,10,11);3H,1-2H3;2*1-2H3;1-2H. The third-order valence-corrected chi connectivity index (χ3v) is 1.47. The Balaban J connectivity index is -0.000000121. The quantitative estimate of drug-likeness (QED) is 0.828. The van der Waals surface area contributed by atoms with Crippen LogP contribution in [0, 0.1) is 12.8 Å². The van der Waals surface area contributed by atoms with E-state index >= 15 is 0 Å². The number of aliphatic carboxylic acids is 1. The van der Waals surface area contributed by atoms with E-state index in [2.05, 4.69) is 18.2 Å². The van der Waals surface area contributed by atoms with E-state index in [0.29, 0.717) is 6.42 Å². The van der Waals surface area contributed by atoms with Crippen molar-refractivity contribution in [3.63, 3.8) is 0 Å². The number of carboxylic acid groups (broad SMARTS) is 1. The van der Waals surface area contributed by atoms with Crippen molar-refractivity contribution < 1.29 is 9.90 Å². The molecule has 0 aliphatic rings. The Morgan fingerprint density at radius 1 is 1.05 bits per heavy atom. The van der Waals surface area contributed by atoms with Gasteiger partial charge in [0.1, 0.15) is 0 Å². The van der Waals surface area contributed by atoms with E-state index in [4.69, 9.17) is 5.11 Å². The summed E-state index contributed by atoms with van der Waals surface area (Å²) < 4.78 is 0. The van der Waals surface area contributed by atoms with Crippen LogP contribution in [-0.2, 0) is 11.2 Å². The molecule has 0 aliphatic carbocycles. The van der Waals surface area contributed by atoms with Crippen molar-refractivity contribution in [3.05, 3.63) is 35.9 Å². The molecule has 1 aromatic carbocycles. The molecular weight excluding hydrogens is 250 g/mol. The number of terminal acetylenes is 1. The molecule has 0 fully saturated rings. The van der Waals surface area contributed by atoms with E-state index in [9.17, 15) is 4.79 Å². The van der Waals surface area contributed by atoms with Crippen LogP contribution in [0.2, 0.25) is 0 Å². The fourth-order valence-electron chi connectivity index (χ4n) is 0.896. The third kappa shape index (κ3) is 29.8. The van der Waals surface area contributed by atoms with Crippen LogP contribution in [0.5, 0.6) is 0 Å². The summed E-state index contributed by atoms with van der Waals surface area (Å²) >= 11 is 0. The lowest BCUT2D eigenvalue weighted by Crippen LogP contribution is -1.96. The first kappa shape index (κ1) is 26.7. The third-order valence-electron chi connectivity index (χ3n) is 1.47. The smallest absolute Gasteiger partial charge is 0.303 e. The lowest BCUT2D eigenvalue weighted by atomic mass is 10.1. The van der Waals surface area contributed by atoms with Crippen LogP contribution in [0.15, 0.2) is 30.3 Å². The van der Waals surface area contributed by atoms with E-state index in [1.807, 2.05) is 72.1 Å². The van der Waals surface area contributed by atoms with E-state index in [1.54, 1.807) is 0 Å². The van der Waals surface area contributed by atoms with Gasteiger partial charge in [0, 0.05) is 6.42 Å². The Labute approximate surface area is 125 Å². The van der Waals surface area contributed by atoms with Crippen molar-refractivity contribution in [2.45, 2.75) is 40.5 Å². The van der Waals surface area contributed by atoms with Crippen molar-refractivity contribution in [3.8, 4) is 12.8 Å². The summed E-state index contributed by atoms with van der Waals surface area (Å²) in [6, 6.07) is 9.62. The van der Waals surface area contributed by atoms with Crippen molar-refractivity contribution in [1.29, 1.82) is 0 Å². The van der Waals surface area contributed by atoms with Gasteiger partial charge >= 0.3 is 5.97 Å². The minimum absolute atomic E-state index is 0.212. The molecule has 0 unspecified atom stereocenters. The predicted octanol–water partition coefficient (Wildman–Crippen LogP) is 3.84. The molecule has 0 spiro atoms. The fraction of sp³-hybridized carbons (Fsp3) is 0.471. The largest absolute Gasteiger partial charge is 0.481 e. The summed E-state index contributed by atoms with van der Waals surface area (Å²) in [5.41, 5.74) is 1.08. The SMILES string of the molecule is C#C.CC.CC.CNC.O=C(O)CCc1ccccc1. The summed E-state index contributed by atoms with van der Waals surface area (Å²) in [5.74, 6) is -0.742. The van der Waals surface area contributed by atoms with Crippen LogP contribution in [0.25, 0.3) is 0 Å². The molecule has 0 heterocycles. The summed E-state index contributed by atoms with van der Waals surface area (Å²) in [5, 5.41) is 11.1. The first-order valence-electron chi connectivity index (χ1n) is 6.88. The monoisotopic (exact) mass is 281 g/mol. The van der Waals surface area contributed by atoms with E-state index in [-0.39, 0.29) is 6.42 Å². The Bertz CT molecular complexity index is 282. The molecule has 0 bridgehead atoms. The molecule has 1 rings (SSSR count). The van der Waals surface area contributed by atoms with Crippen LogP contribution in [0.4, 0.5) is 0 Å². The Hall–Kier alpha value is -1.79. The zero-order chi connectivity index (χ0) is 16.8. The summed E-state index contributed by atoms with van der Waals surface area (Å²) in [4.78, 5) is 10.2. The Kier molecular flexibility index (Phi) is 40.5. The zero-order valence-corrected chi connectivity index (χ0v) is 13.8. The number of carboxylic acids is 1. The van der Waals surface area contributed by atoms with Gasteiger partial charge in [-0.25, -0.2) is 0 Å². The highest BCUT2D eigenvalue weighted by Crippen LogP contribution is 2.01. The maximum Gasteiger partial charge on any atom is 0.303 e. The Morgan fingerprint density at radius 3 is 1.70 bits per heavy atom. The van der Waals surface area contributed by atoms with Crippen molar-refractivity contribution in [1.82, 2.24) is 5.32 Å². The molecule has 3 nitrogen and oxygen atoms in total. The second-order valence-corrected chi connectivity index (χ2v) is 2.88. The predicted molar refractivity (Wildman–Crippen MR) is 90.0 cm³/mol. The number of carbonyl (C=O) groups is 1. The molecule has 3 heteroatoms. The number of aryl methyl sites for hydroxylation is 1. The lowest BCUT2D eigenvalue weighted by Gasteiger charge is -1.95. The minimum atomic E-state index is -0.742. The lowest BCUT2D eigenvalue weighted by molar-refractivity contribution is -0.136. The average Bonchev–Trinajstić information content (AvgIpc) is 2.53. The molecular formula is C17H31NO2. The highest BCUT2D eigenvalue weighted by Gasteiger charge is 1.96. The van der Waals surface area contributed by atoms with Crippen molar-refractivity contribution >= 4 is 5.97 Å². The van der Waals surface area contributed by atoms with Crippen LogP contribution >= 0.6 is 0 Å². The first-order valence-corrected chi connectivity index (χ1v) is 6.88. The van der Waals surface area contributed by atoms with E-state index in [0.717, 1.165) is 5.56 Å². The van der Waals surface area contributed by atoms with Gasteiger partial charge < -0.3 is 10.4 Å². The number of hydrogen-bond acceptors (Lipinski definition) is 2. The molecule has 0 amide bonds. The normalized spacial score (nSPS) is 6.80. The Morgan fingerprint density at radius 2 is 1.40 bits per heavy atom. The number of rotatable bonds is 3. The van der Waals surface area contributed by atoms with Gasteiger partial charge in [-0.05, 0) is 26.1 Å². The van der Waals surface area contributed by atoms with Gasteiger partial charge in [0.25, 0.3) is 0 Å². The highest BCUT2D eigenvalue weighted by molar-refractivity contribution is 5.67. The molecule has 0 saturated heterocycles. The van der Waals surface area contributed by atoms with Gasteiger partial charge in [-0.2, -0.15) is 0 Å². The summed E-state index contributed by atoms with van der Waals surface area (Å²) in [6.07, 6.45) is 8.83. The topological polar surface area (TPSA) is 49.3 Å². The minimum Gasteiger partial charge on any atom is -0.481 e. The molecule has 0 atom stereocenters. The van der Waals surface area contributed by atoms with Crippen LogP contribution in [0.1, 0.15) is 39.7 Å². The van der Waals surface area contributed by atoms with Gasteiger partial charge in [0.2, 0.25) is 0 Å². The van der Waals surface area contributed by atoms with E-state index < -0.39 is 5.97 Å². The van der Waals surface area contributed by atoms with Crippen molar-refractivity contribution in [2.24, 2.45) is 0 Å². The maximum atomic E-state index is 10.2. The molecule has 0 saturated carbocycles. The van der Waals surface area contributed by atoms with Gasteiger partial charge in [-0.15, -0.1) is 12.8 Å². The first-order chi connectivity index (χ1) is 9.70. The van der Waals surface area contributed by atoms with Crippen LogP contribution < -0.4 is 5.32 Å². The number of hydrogen-bond donors (Lipinski definition) is 2. The van der Waals surface area contributed by atoms with Gasteiger partial charge in [0.05, 0.1) is 0 Å².